The van der Waals surface area contributed by atoms with E-state index in [2.05, 4.69) is 9.98 Å². The maximum atomic E-state index is 11.1. The van der Waals surface area contributed by atoms with Gasteiger partial charge in [-0.05, 0) is 25.1 Å². The van der Waals surface area contributed by atoms with Gasteiger partial charge in [0, 0.05) is 23.0 Å². The van der Waals surface area contributed by atoms with Crippen LogP contribution in [0.25, 0.3) is 11.6 Å². The molecule has 0 unspecified atom stereocenters. The number of aliphatic hydroxyl groups excluding tert-OH is 1. The summed E-state index contributed by atoms with van der Waals surface area (Å²) in [7, 11) is 0. The maximum Gasteiger partial charge on any atom is 0.323 e. The summed E-state index contributed by atoms with van der Waals surface area (Å²) in [6.07, 6.45) is 2.16. The molecule has 1 aromatic heterocycles. The van der Waals surface area contributed by atoms with E-state index in [1.54, 1.807) is 30.5 Å². The standard InChI is InChI=1S/C17H19N5O4/c1-8(23)15(19)16-21-12(17(26)22(16)7-13(24)25)5-9-6-20-11-4-2-3-10(18)14(9)11/h2-6,8,15,23,26H,7,18-19H2,1H3,(H,24,25)/t8-,15+/m1/s1. The minimum atomic E-state index is -1.17. The first-order valence-corrected chi connectivity index (χ1v) is 7.89. The van der Waals surface area contributed by atoms with E-state index in [0.29, 0.717) is 22.5 Å². The normalized spacial score (nSPS) is 16.7. The number of aromatic hydroxyl groups is 1. The highest BCUT2D eigenvalue weighted by Crippen LogP contribution is 2.37. The molecule has 0 fully saturated rings. The van der Waals surface area contributed by atoms with Crippen molar-refractivity contribution in [2.24, 2.45) is 10.7 Å². The average Bonchev–Trinajstić information content (AvgIpc) is 3.11. The number of aliphatic carboxylic acids is 1. The van der Waals surface area contributed by atoms with Crippen molar-refractivity contribution >= 4 is 35.2 Å². The zero-order valence-corrected chi connectivity index (χ0v) is 14.0. The van der Waals surface area contributed by atoms with Crippen LogP contribution in [0.1, 0.15) is 30.0 Å². The Kier molecular flexibility index (Phi) is 4.49. The molecule has 0 spiro atoms. The van der Waals surface area contributed by atoms with Crippen LogP contribution >= 0.6 is 0 Å². The van der Waals surface area contributed by atoms with Crippen LogP contribution in [0, 0.1) is 0 Å². The van der Waals surface area contributed by atoms with Gasteiger partial charge in [-0.25, -0.2) is 4.98 Å². The molecule has 0 amide bonds. The van der Waals surface area contributed by atoms with Crippen molar-refractivity contribution in [3.05, 3.63) is 35.3 Å². The van der Waals surface area contributed by atoms with Gasteiger partial charge in [-0.3, -0.25) is 14.4 Å². The number of fused-ring (bicyclic) bond motifs is 1. The number of imidazole rings is 1. The third-order valence-electron chi connectivity index (χ3n) is 4.11. The lowest BCUT2D eigenvalue weighted by Crippen LogP contribution is -2.27. The first-order valence-electron chi connectivity index (χ1n) is 7.89. The monoisotopic (exact) mass is 357 g/mol. The van der Waals surface area contributed by atoms with Gasteiger partial charge in [0.25, 0.3) is 0 Å². The summed E-state index contributed by atoms with van der Waals surface area (Å²) in [6.45, 7) is 0.921. The lowest BCUT2D eigenvalue weighted by Gasteiger charge is -2.15. The lowest BCUT2D eigenvalue weighted by atomic mass is 10.0. The Hall–Kier alpha value is -3.17. The van der Waals surface area contributed by atoms with E-state index < -0.39 is 24.7 Å². The third-order valence-corrected chi connectivity index (χ3v) is 4.11. The van der Waals surface area contributed by atoms with Crippen LogP contribution < -0.4 is 11.5 Å². The molecule has 2 atom stereocenters. The van der Waals surface area contributed by atoms with Crippen LogP contribution in [-0.2, 0) is 11.3 Å². The first-order chi connectivity index (χ1) is 12.3. The molecule has 1 aromatic carbocycles. The fourth-order valence-electron chi connectivity index (χ4n) is 2.78. The van der Waals surface area contributed by atoms with Gasteiger partial charge in [0.15, 0.2) is 0 Å². The summed E-state index contributed by atoms with van der Waals surface area (Å²) in [5, 5.41) is 29.2. The Morgan fingerprint density at radius 2 is 2.15 bits per heavy atom. The number of benzene rings is 1. The predicted octanol–water partition coefficient (Wildman–Crippen LogP) is 0.893. The fourth-order valence-corrected chi connectivity index (χ4v) is 2.78. The number of aliphatic hydroxyl groups is 1. The van der Waals surface area contributed by atoms with Crippen molar-refractivity contribution in [3.8, 4) is 5.88 Å². The molecule has 0 bridgehead atoms. The minimum absolute atomic E-state index is 0.0722. The van der Waals surface area contributed by atoms with Gasteiger partial charge in [-0.2, -0.15) is 0 Å². The molecule has 26 heavy (non-hydrogen) atoms. The molecular weight excluding hydrogens is 338 g/mol. The van der Waals surface area contributed by atoms with Gasteiger partial charge in [-0.15, -0.1) is 0 Å². The van der Waals surface area contributed by atoms with Crippen molar-refractivity contribution in [1.82, 2.24) is 9.55 Å². The second-order valence-corrected chi connectivity index (χ2v) is 6.02. The van der Waals surface area contributed by atoms with E-state index in [9.17, 15) is 15.0 Å². The maximum absolute atomic E-state index is 11.1. The van der Waals surface area contributed by atoms with Crippen LogP contribution in [-0.4, -0.2) is 43.2 Å². The number of aliphatic imine (C=N–C) groups is 1. The Morgan fingerprint density at radius 3 is 2.81 bits per heavy atom. The molecule has 7 N–H and O–H groups in total. The van der Waals surface area contributed by atoms with E-state index in [0.717, 1.165) is 4.57 Å². The van der Waals surface area contributed by atoms with E-state index in [1.165, 1.54) is 6.92 Å². The number of nitrogens with zero attached hydrogens (tertiary/aromatic N) is 3. The van der Waals surface area contributed by atoms with Crippen molar-refractivity contribution < 1.29 is 20.1 Å². The van der Waals surface area contributed by atoms with Gasteiger partial charge in [0.2, 0.25) is 5.88 Å². The third kappa shape index (κ3) is 3.05. The predicted molar refractivity (Wildman–Crippen MR) is 97.0 cm³/mol. The Labute approximate surface area is 148 Å². The van der Waals surface area contributed by atoms with Gasteiger partial charge in [0.05, 0.1) is 17.8 Å². The summed E-state index contributed by atoms with van der Waals surface area (Å²) in [5.74, 6) is -1.46. The van der Waals surface area contributed by atoms with E-state index in [1.807, 2.05) is 0 Å². The Morgan fingerprint density at radius 1 is 1.42 bits per heavy atom. The highest BCUT2D eigenvalue weighted by molar-refractivity contribution is 6.23. The fraction of sp³-hybridized carbons (Fsp3) is 0.235. The average molecular weight is 357 g/mol. The number of carboxylic acids is 1. The number of allylic oxidation sites excluding steroid dienone is 1. The van der Waals surface area contributed by atoms with Crippen LogP contribution in [0.2, 0.25) is 0 Å². The quantitative estimate of drug-likeness (QED) is 0.497. The topological polar surface area (TPSA) is 160 Å². The van der Waals surface area contributed by atoms with Crippen molar-refractivity contribution in [3.63, 3.8) is 0 Å². The van der Waals surface area contributed by atoms with Gasteiger partial charge in [-0.1, -0.05) is 6.07 Å². The smallest absolute Gasteiger partial charge is 0.323 e. The number of rotatable bonds is 5. The van der Waals surface area contributed by atoms with E-state index >= 15 is 0 Å². The molecule has 0 saturated heterocycles. The Balaban J connectivity index is 2.11. The molecule has 136 valence electrons. The molecule has 1 aliphatic rings. The van der Waals surface area contributed by atoms with Crippen molar-refractivity contribution in [1.29, 1.82) is 0 Å². The highest BCUT2D eigenvalue weighted by atomic mass is 16.4. The number of carbonyl (C=O) groups is 1. The van der Waals surface area contributed by atoms with Crippen LogP contribution in [0.3, 0.4) is 0 Å². The van der Waals surface area contributed by atoms with Crippen molar-refractivity contribution in [2.75, 3.05) is 5.73 Å². The van der Waals surface area contributed by atoms with E-state index in [4.69, 9.17) is 16.6 Å². The molecule has 0 radical (unpaired) electrons. The van der Waals surface area contributed by atoms with Gasteiger partial charge < -0.3 is 26.8 Å². The van der Waals surface area contributed by atoms with Crippen LogP contribution in [0.5, 0.6) is 5.88 Å². The molecule has 2 heterocycles. The minimum Gasteiger partial charge on any atom is -0.493 e. The summed E-state index contributed by atoms with van der Waals surface area (Å²) in [6, 6.07) is 4.37. The van der Waals surface area contributed by atoms with Crippen molar-refractivity contribution in [2.45, 2.75) is 25.6 Å². The number of hydrogen-bond acceptors (Lipinski definition) is 7. The number of carboxylic acid groups (broad SMARTS) is 1. The second kappa shape index (κ2) is 6.62. The Bertz CT molecular complexity index is 929. The van der Waals surface area contributed by atoms with Gasteiger partial charge in [0.1, 0.15) is 18.1 Å². The molecule has 2 aromatic rings. The number of hydrogen-bond donors (Lipinski definition) is 5. The molecule has 3 rings (SSSR count). The molecule has 0 aliphatic carbocycles. The zero-order valence-electron chi connectivity index (χ0n) is 14.0. The second-order valence-electron chi connectivity index (χ2n) is 6.02. The van der Waals surface area contributed by atoms with Crippen LogP contribution in [0.4, 0.5) is 11.4 Å². The summed E-state index contributed by atoms with van der Waals surface area (Å²) in [5.41, 5.74) is 14.6. The van der Waals surface area contributed by atoms with Crippen LogP contribution in [0.15, 0.2) is 23.2 Å². The summed E-state index contributed by atoms with van der Waals surface area (Å²) < 4.78 is 1.06. The molecular formula is C17H19N5O4. The molecule has 0 saturated carbocycles. The summed E-state index contributed by atoms with van der Waals surface area (Å²) in [4.78, 5) is 19.6. The number of aromatic nitrogens is 2. The first kappa shape index (κ1) is 17.6. The number of anilines is 1. The highest BCUT2D eigenvalue weighted by Gasteiger charge is 2.25. The number of nitrogen functional groups attached to an aromatic ring is 1. The molecule has 1 aliphatic heterocycles. The lowest BCUT2D eigenvalue weighted by molar-refractivity contribution is -0.137. The molecule has 9 heteroatoms. The summed E-state index contributed by atoms with van der Waals surface area (Å²) >= 11 is 0. The van der Waals surface area contributed by atoms with E-state index in [-0.39, 0.29) is 17.4 Å². The largest absolute Gasteiger partial charge is 0.493 e. The van der Waals surface area contributed by atoms with Gasteiger partial charge >= 0.3 is 5.97 Å². The number of nitrogens with two attached hydrogens (primary N) is 2. The zero-order chi connectivity index (χ0) is 19.0. The SMILES string of the molecule is C[C@@H](O)[C@H](N)c1nc(C=C2C=Nc3cccc(N)c32)c(O)n1CC(=O)O. The molecule has 9 nitrogen and oxygen atoms in total.